The maximum atomic E-state index is 10.7. The Balaban J connectivity index is 2.44. The van der Waals surface area contributed by atoms with E-state index in [0.29, 0.717) is 11.5 Å². The summed E-state index contributed by atoms with van der Waals surface area (Å²) in [5.74, 6) is 1.76. The molecule has 3 heteroatoms. The highest BCUT2D eigenvalue weighted by atomic mass is 16.5. The molecular formula is C8H10O3. The van der Waals surface area contributed by atoms with Crippen LogP contribution in [0.1, 0.15) is 19.3 Å². The van der Waals surface area contributed by atoms with E-state index in [-0.39, 0.29) is 12.4 Å². The molecule has 1 aliphatic rings. The van der Waals surface area contributed by atoms with Crippen molar-refractivity contribution in [1.82, 2.24) is 0 Å². The van der Waals surface area contributed by atoms with Crippen molar-refractivity contribution in [3.63, 3.8) is 0 Å². The van der Waals surface area contributed by atoms with Crippen molar-refractivity contribution in [2.24, 2.45) is 5.92 Å². The number of hydrogen-bond donors (Lipinski definition) is 0. The van der Waals surface area contributed by atoms with Crippen molar-refractivity contribution in [1.29, 1.82) is 0 Å². The van der Waals surface area contributed by atoms with Crippen LogP contribution in [0.4, 0.5) is 0 Å². The van der Waals surface area contributed by atoms with Crippen molar-refractivity contribution < 1.29 is 14.3 Å². The molecule has 0 heterocycles. The molecule has 0 bridgehead atoms. The second-order valence-corrected chi connectivity index (χ2v) is 2.65. The molecule has 11 heavy (non-hydrogen) atoms. The Hall–Kier alpha value is -1.08. The van der Waals surface area contributed by atoms with E-state index in [2.05, 4.69) is 4.74 Å². The van der Waals surface area contributed by atoms with Gasteiger partial charge in [-0.3, -0.25) is 4.79 Å². The fourth-order valence-corrected chi connectivity index (χ4v) is 0.923. The average Bonchev–Trinajstić information content (AvgIpc) is 2.82. The Morgan fingerprint density at radius 1 is 1.64 bits per heavy atom. The molecule has 0 N–H and O–H groups in total. The van der Waals surface area contributed by atoms with E-state index in [0.717, 1.165) is 12.8 Å². The lowest BCUT2D eigenvalue weighted by atomic mass is 10.1. The minimum atomic E-state index is -0.352. The van der Waals surface area contributed by atoms with E-state index in [1.807, 2.05) is 0 Å². The van der Waals surface area contributed by atoms with Gasteiger partial charge in [-0.2, -0.15) is 0 Å². The molecule has 1 fully saturated rings. The third kappa shape index (κ3) is 2.20. The van der Waals surface area contributed by atoms with Gasteiger partial charge in [0.25, 0.3) is 0 Å². The second kappa shape index (κ2) is 3.35. The first-order valence-corrected chi connectivity index (χ1v) is 3.58. The summed E-state index contributed by atoms with van der Waals surface area (Å²) in [7, 11) is 1.32. The zero-order chi connectivity index (χ0) is 8.27. The van der Waals surface area contributed by atoms with Crippen LogP contribution >= 0.6 is 0 Å². The van der Waals surface area contributed by atoms with E-state index < -0.39 is 0 Å². The van der Waals surface area contributed by atoms with Crippen molar-refractivity contribution in [3.05, 3.63) is 5.57 Å². The third-order valence-corrected chi connectivity index (χ3v) is 1.76. The Kier molecular flexibility index (Phi) is 2.44. The zero-order valence-electron chi connectivity index (χ0n) is 6.42. The maximum absolute atomic E-state index is 10.7. The summed E-state index contributed by atoms with van der Waals surface area (Å²) in [6.07, 6.45) is 2.15. The quantitative estimate of drug-likeness (QED) is 0.444. The topological polar surface area (TPSA) is 43.4 Å². The van der Waals surface area contributed by atoms with Crippen LogP contribution in [-0.4, -0.2) is 19.0 Å². The van der Waals surface area contributed by atoms with Crippen LogP contribution in [0.3, 0.4) is 0 Å². The van der Waals surface area contributed by atoms with Crippen LogP contribution in [0.15, 0.2) is 5.57 Å². The Labute approximate surface area is 65.0 Å². The minimum absolute atomic E-state index is 0.116. The molecule has 1 saturated carbocycles. The molecule has 0 saturated heterocycles. The molecule has 0 amide bonds. The van der Waals surface area contributed by atoms with Crippen LogP contribution in [0.5, 0.6) is 0 Å². The van der Waals surface area contributed by atoms with Crippen LogP contribution in [0.25, 0.3) is 0 Å². The van der Waals surface area contributed by atoms with E-state index in [1.54, 1.807) is 5.94 Å². The first-order chi connectivity index (χ1) is 5.27. The molecule has 0 atom stereocenters. The highest BCUT2D eigenvalue weighted by Gasteiger charge is 2.28. The molecule has 0 radical (unpaired) electrons. The summed E-state index contributed by atoms with van der Waals surface area (Å²) in [4.78, 5) is 21.0. The van der Waals surface area contributed by atoms with Gasteiger partial charge in [0.2, 0.25) is 0 Å². The van der Waals surface area contributed by atoms with Crippen LogP contribution in [0, 0.1) is 5.92 Å². The van der Waals surface area contributed by atoms with E-state index in [9.17, 15) is 9.59 Å². The van der Waals surface area contributed by atoms with Gasteiger partial charge in [0.15, 0.2) is 0 Å². The molecule has 0 aromatic heterocycles. The summed E-state index contributed by atoms with van der Waals surface area (Å²) in [5.41, 5.74) is 0.567. The standard InChI is InChI=1S/C8H10O3/c1-11-8(10)4-7(5-9)6-2-3-6/h6H,2-4H2,1H3. The molecule has 0 spiro atoms. The van der Waals surface area contributed by atoms with Gasteiger partial charge in [-0.25, -0.2) is 4.79 Å². The van der Waals surface area contributed by atoms with Gasteiger partial charge >= 0.3 is 5.97 Å². The first-order valence-electron chi connectivity index (χ1n) is 3.58. The van der Waals surface area contributed by atoms with Gasteiger partial charge in [0.1, 0.15) is 5.94 Å². The number of carbonyl (C=O) groups is 1. The molecule has 1 rings (SSSR count). The summed E-state index contributed by atoms with van der Waals surface area (Å²) in [5, 5.41) is 0. The number of esters is 1. The molecular weight excluding hydrogens is 144 g/mol. The van der Waals surface area contributed by atoms with Crippen molar-refractivity contribution in [2.75, 3.05) is 7.11 Å². The Morgan fingerprint density at radius 3 is 2.64 bits per heavy atom. The van der Waals surface area contributed by atoms with Gasteiger partial charge in [-0.1, -0.05) is 0 Å². The van der Waals surface area contributed by atoms with Crippen molar-refractivity contribution >= 4 is 11.9 Å². The lowest BCUT2D eigenvalue weighted by molar-refractivity contribution is -0.139. The largest absolute Gasteiger partial charge is 0.469 e. The van der Waals surface area contributed by atoms with Gasteiger partial charge in [0, 0.05) is 5.57 Å². The first kappa shape index (κ1) is 8.02. The third-order valence-electron chi connectivity index (χ3n) is 1.76. The fraction of sp³-hybridized carbons (Fsp3) is 0.625. The number of ether oxygens (including phenoxy) is 1. The highest BCUT2D eigenvalue weighted by molar-refractivity contribution is 5.76. The fourth-order valence-electron chi connectivity index (χ4n) is 0.923. The van der Waals surface area contributed by atoms with Crippen LogP contribution in [0.2, 0.25) is 0 Å². The Bertz CT molecular complexity index is 209. The van der Waals surface area contributed by atoms with Gasteiger partial charge < -0.3 is 4.74 Å². The number of carbonyl (C=O) groups excluding carboxylic acids is 2. The molecule has 0 unspecified atom stereocenters. The monoisotopic (exact) mass is 154 g/mol. The van der Waals surface area contributed by atoms with Gasteiger partial charge in [0.05, 0.1) is 13.5 Å². The smallest absolute Gasteiger partial charge is 0.310 e. The number of rotatable bonds is 3. The molecule has 60 valence electrons. The Morgan fingerprint density at radius 2 is 2.27 bits per heavy atom. The molecule has 3 nitrogen and oxygen atoms in total. The lowest BCUT2D eigenvalue weighted by Crippen LogP contribution is -2.03. The van der Waals surface area contributed by atoms with Crippen molar-refractivity contribution in [2.45, 2.75) is 19.3 Å². The van der Waals surface area contributed by atoms with Gasteiger partial charge in [-0.05, 0) is 18.8 Å². The van der Waals surface area contributed by atoms with E-state index >= 15 is 0 Å². The zero-order valence-corrected chi connectivity index (χ0v) is 6.42. The van der Waals surface area contributed by atoms with Crippen LogP contribution in [-0.2, 0) is 14.3 Å². The minimum Gasteiger partial charge on any atom is -0.469 e. The summed E-state index contributed by atoms with van der Waals surface area (Å²) < 4.78 is 4.42. The molecule has 0 aromatic carbocycles. The SMILES string of the molecule is COC(=O)CC(=C=O)C1CC1. The molecule has 0 aliphatic heterocycles. The predicted molar refractivity (Wildman–Crippen MR) is 38.6 cm³/mol. The highest BCUT2D eigenvalue weighted by Crippen LogP contribution is 2.36. The van der Waals surface area contributed by atoms with Crippen molar-refractivity contribution in [3.8, 4) is 0 Å². The second-order valence-electron chi connectivity index (χ2n) is 2.65. The summed E-state index contributed by atoms with van der Waals surface area (Å²) >= 11 is 0. The predicted octanol–water partition coefficient (Wildman–Crippen LogP) is 0.717. The lowest BCUT2D eigenvalue weighted by Gasteiger charge is -1.97. The summed E-state index contributed by atoms with van der Waals surface area (Å²) in [6.45, 7) is 0. The molecule has 0 aromatic rings. The summed E-state index contributed by atoms with van der Waals surface area (Å²) in [6, 6.07) is 0. The molecule has 1 aliphatic carbocycles. The number of hydrogen-bond acceptors (Lipinski definition) is 3. The maximum Gasteiger partial charge on any atom is 0.310 e. The van der Waals surface area contributed by atoms with E-state index in [4.69, 9.17) is 0 Å². The number of methoxy groups -OCH3 is 1. The van der Waals surface area contributed by atoms with Crippen LogP contribution < -0.4 is 0 Å². The average molecular weight is 154 g/mol. The van der Waals surface area contributed by atoms with E-state index in [1.165, 1.54) is 7.11 Å². The normalized spacial score (nSPS) is 15.4. The van der Waals surface area contributed by atoms with Gasteiger partial charge in [-0.15, -0.1) is 0 Å².